The average Bonchev–Trinajstić information content (AvgIpc) is 1.63. The van der Waals surface area contributed by atoms with Crippen LogP contribution < -0.4 is 48.9 Å². The number of carbonyl (C=O) groups excluding carboxylic acids is 5. The van der Waals surface area contributed by atoms with Crippen LogP contribution in [0, 0.1) is 70.0 Å². The number of aromatic nitrogens is 2. The fraction of sp³-hybridized carbons (Fsp3) is 0.510. The summed E-state index contributed by atoms with van der Waals surface area (Å²) in [5.74, 6) is 6.03. The minimum absolute atomic E-state index is 0. The first-order chi connectivity index (χ1) is 59.3. The van der Waals surface area contributed by atoms with Crippen LogP contribution in [0.25, 0.3) is 67.1 Å². The first-order valence-electron chi connectivity index (χ1n) is 42.9. The molecule has 16 rings (SSSR count). The zero-order chi connectivity index (χ0) is 89.6. The quantitative estimate of drug-likeness (QED) is 0.0458. The van der Waals surface area contributed by atoms with Gasteiger partial charge in [-0.2, -0.15) is 10.5 Å². The molecule has 672 valence electrons. The maximum Gasteiger partial charge on any atom is 1.00 e. The van der Waals surface area contributed by atoms with Crippen molar-refractivity contribution >= 4 is 80.8 Å². The number of nitrogens with two attached hydrogens (primary N) is 1. The van der Waals surface area contributed by atoms with Crippen LogP contribution in [0.15, 0.2) is 118 Å². The van der Waals surface area contributed by atoms with E-state index >= 15 is 0 Å². The Morgan fingerprint density at radius 3 is 1.27 bits per heavy atom. The van der Waals surface area contributed by atoms with E-state index < -0.39 is 11.9 Å². The number of carboxylic acids is 2. The number of ketones is 2. The number of furan rings is 2. The summed E-state index contributed by atoms with van der Waals surface area (Å²) >= 11 is 0. The van der Waals surface area contributed by atoms with Gasteiger partial charge in [-0.05, 0) is 207 Å². The number of carbonyl (C=O) groups is 7. The molecule has 8 fully saturated rings. The molecule has 6 saturated carbocycles. The molecule has 8 aromatic rings. The van der Waals surface area contributed by atoms with Crippen molar-refractivity contribution in [1.82, 2.24) is 39.8 Å². The number of ether oxygens (including phenoxy) is 6. The van der Waals surface area contributed by atoms with Gasteiger partial charge in [0.1, 0.15) is 81.5 Å². The monoisotopic (exact) mass is 1740 g/mol. The number of benzene rings is 4. The first-order valence-corrected chi connectivity index (χ1v) is 42.9. The number of methoxy groups -OCH3 is 2. The van der Waals surface area contributed by atoms with Crippen molar-refractivity contribution in [3.05, 3.63) is 132 Å². The minimum Gasteiger partial charge on any atom is -1.00 e. The number of nitrogens with one attached hydrogen (secondary N) is 1. The maximum atomic E-state index is 13.0. The largest absolute Gasteiger partial charge is 1.00 e. The summed E-state index contributed by atoms with van der Waals surface area (Å²) in [4.78, 5) is 96.0. The van der Waals surface area contributed by atoms with Crippen LogP contribution in [0.3, 0.4) is 0 Å². The van der Waals surface area contributed by atoms with Gasteiger partial charge < -0.3 is 84.4 Å². The minimum atomic E-state index is -1.04. The molecule has 4 aromatic carbocycles. The van der Waals surface area contributed by atoms with Gasteiger partial charge in [0.25, 0.3) is 5.91 Å². The molecule has 30 heteroatoms. The predicted molar refractivity (Wildman–Crippen MR) is 484 cm³/mol. The van der Waals surface area contributed by atoms with Gasteiger partial charge >= 0.3 is 30.8 Å². The third-order valence-corrected chi connectivity index (χ3v) is 23.4. The molecule has 3 amide bonds. The summed E-state index contributed by atoms with van der Waals surface area (Å²) in [6, 6.07) is 33.7. The number of amides is 3. The van der Waals surface area contributed by atoms with Crippen LogP contribution in [0.1, 0.15) is 150 Å². The summed E-state index contributed by atoms with van der Waals surface area (Å²) < 4.78 is 46.7. The molecule has 0 spiro atoms. The summed E-state index contributed by atoms with van der Waals surface area (Å²) in [5, 5.41) is 40.3. The Labute approximate surface area is 764 Å². The summed E-state index contributed by atoms with van der Waals surface area (Å²) in [6.07, 6.45) is 17.6. The van der Waals surface area contributed by atoms with Gasteiger partial charge in [-0.15, -0.1) is 0 Å². The van der Waals surface area contributed by atoms with Crippen molar-refractivity contribution in [2.45, 2.75) is 141 Å². The van der Waals surface area contributed by atoms with E-state index in [1.165, 1.54) is 62.9 Å². The number of aliphatic carboxylic acids is 1. The molecular formula is C96H127AlLiN11O17. The molecule has 8 aliphatic rings. The van der Waals surface area contributed by atoms with E-state index in [0.29, 0.717) is 142 Å². The molecule has 2 aliphatic heterocycles. The second-order valence-corrected chi connectivity index (χ2v) is 35.2. The number of fused-ring (bicyclic) bond motifs is 2. The van der Waals surface area contributed by atoms with Gasteiger partial charge in [0.2, 0.25) is 11.8 Å². The Bertz CT molecular complexity index is 5050. The molecule has 0 bridgehead atoms. The van der Waals surface area contributed by atoms with Crippen molar-refractivity contribution in [3.63, 3.8) is 0 Å². The average molecular weight is 1740 g/mol. The van der Waals surface area contributed by atoms with Crippen LogP contribution in [0.2, 0.25) is 0 Å². The van der Waals surface area contributed by atoms with E-state index in [2.05, 4.69) is 98.3 Å². The molecule has 5 N–H and O–H groups in total. The van der Waals surface area contributed by atoms with Crippen LogP contribution in [-0.2, 0) is 33.4 Å². The molecule has 6 aliphatic carbocycles. The number of Topliss-reactive ketones (excluding diaryl/α,β-unsaturated/α-hetero) is 2. The Kier molecular flexibility index (Phi) is 38.8. The second kappa shape index (κ2) is 48.3. The number of nitriles is 2. The molecule has 28 nitrogen and oxygen atoms in total. The summed E-state index contributed by atoms with van der Waals surface area (Å²) in [6.45, 7) is 10.7. The molecule has 0 atom stereocenters. The standard InChI is InChI=1S/C34H36N4O5.C27H22N2O6.C8H15NO.C8H17N.C7H16N2.C7H11NO2.C5H6O3.Al.Li.4H/c1-38(2)20-21-14-25(15-21)37-34(39)23-4-6-28(31(17-23)40-3)32-18-29-33(43-32)27(8-11-36-29)22-5-7-30(24(16-22)19-35)42-26-9-12-41-13-10-26;1-32-24-13-17(27(30)31)2-4-21(24)25-14-22-26(35-25)20(6-9-29-22)16-3-5-23(18(12-16)15-28)34-19-7-10-33-11-8-19;1-6-4-7(5-6)8(10)9(2)3;1-7-4-8(5-7)6-9(2)3;1-9(2)5-6-3-7(8)4-6;1-8(2)7(10)5-3-6(9)4-5;6-4-1-3(2-4)5(7)8;;;;;;/h4-8,11,16-18,21,25-26H,9-10,12-15,20H2,1-3H3,(H,37,39);2-6,9,12-14,19H,7-8,10-11H2,1H3,(H,30,31);6-7H,4-5H2,1-3H3;7-8H,4-6H2,1-3H3;6-7H,3-5,8H2,1-2H3;5H,3-4H2,1-2H3;3H,1-2H2,(H,7,8);;;;;;/q;;;;;;;;+1;;;;-1. The summed E-state index contributed by atoms with van der Waals surface area (Å²) in [7, 11) is 22.8. The van der Waals surface area contributed by atoms with Crippen molar-refractivity contribution in [2.24, 2.45) is 53.1 Å². The van der Waals surface area contributed by atoms with Crippen molar-refractivity contribution < 1.29 is 101 Å². The third-order valence-electron chi connectivity index (χ3n) is 23.4. The number of rotatable bonds is 22. The SMILES string of the molecule is CC1CC(C(=O)N(C)C)C1.CC1CC(CN(C)C)C1.CN(C)C(=O)C1CC(=O)C1.CN(C)CC1CC(N)C1.COc1cc(C(=O)NC2CC(CN(C)C)C2)ccc1-c1cc2nccc(-c3ccc(OC4CCOCC4)c(C#N)c3)c2o1.COc1cc(C(=O)O)ccc1-c1cc2nccc(-c3ccc(OC4CCOCC4)c(C#N)c3)c2o1.O=C1CC(C(=O)O)C1.[AlH3].[H-].[Li+]. The van der Waals surface area contributed by atoms with Gasteiger partial charge in [0.05, 0.1) is 80.3 Å². The maximum absolute atomic E-state index is 13.0. The molecule has 0 radical (unpaired) electrons. The van der Waals surface area contributed by atoms with E-state index in [9.17, 15) is 49.2 Å². The van der Waals surface area contributed by atoms with Crippen molar-refractivity contribution in [3.8, 4) is 80.0 Å². The van der Waals surface area contributed by atoms with Gasteiger partial charge in [0, 0.05) is 158 Å². The van der Waals surface area contributed by atoms with Crippen molar-refractivity contribution in [2.75, 3.05) is 131 Å². The Morgan fingerprint density at radius 2 is 0.905 bits per heavy atom. The van der Waals surface area contributed by atoms with Crippen LogP contribution in [0.4, 0.5) is 0 Å². The van der Waals surface area contributed by atoms with E-state index in [1.54, 1.807) is 68.8 Å². The number of carboxylic acid groups (broad SMARTS) is 2. The Morgan fingerprint density at radius 1 is 0.508 bits per heavy atom. The molecule has 0 unspecified atom stereocenters. The van der Waals surface area contributed by atoms with E-state index in [4.69, 9.17) is 48.1 Å². The van der Waals surface area contributed by atoms with E-state index in [1.807, 2.05) is 68.7 Å². The number of nitrogens with zero attached hydrogens (tertiary/aromatic N) is 9. The topological polar surface area (TPSA) is 369 Å². The number of hydrogen-bond donors (Lipinski definition) is 4. The second-order valence-electron chi connectivity index (χ2n) is 35.2. The van der Waals surface area contributed by atoms with Crippen LogP contribution in [-0.4, -0.2) is 258 Å². The van der Waals surface area contributed by atoms with Gasteiger partial charge in [-0.3, -0.25) is 38.7 Å². The zero-order valence-electron chi connectivity index (χ0n) is 76.2. The molecule has 126 heavy (non-hydrogen) atoms. The molecular weight excluding hydrogens is 1610 g/mol. The number of pyridine rings is 2. The fourth-order valence-corrected chi connectivity index (χ4v) is 16.5. The van der Waals surface area contributed by atoms with Crippen LogP contribution in [0.5, 0.6) is 23.0 Å². The normalized spacial score (nSPS) is 20.4. The molecule has 6 heterocycles. The zero-order valence-corrected chi connectivity index (χ0v) is 75.2. The Balaban J connectivity index is 0.000000230. The van der Waals surface area contributed by atoms with Crippen LogP contribution >= 0.6 is 0 Å². The first kappa shape index (κ1) is 101. The number of aromatic carboxylic acids is 1. The number of hydrogen-bond acceptors (Lipinski definition) is 23. The van der Waals surface area contributed by atoms with E-state index in [-0.39, 0.29) is 110 Å². The Hall–Kier alpha value is -9.98. The molecule has 2 saturated heterocycles. The molecule has 4 aromatic heterocycles. The van der Waals surface area contributed by atoms with Crippen molar-refractivity contribution in [1.29, 1.82) is 10.5 Å². The van der Waals surface area contributed by atoms with E-state index in [0.717, 1.165) is 109 Å². The predicted octanol–water partition coefficient (Wildman–Crippen LogP) is 10.0. The van der Waals surface area contributed by atoms with Gasteiger partial charge in [-0.1, -0.05) is 26.0 Å². The smallest absolute Gasteiger partial charge is 1.00 e. The van der Waals surface area contributed by atoms with Gasteiger partial charge in [0.15, 0.2) is 28.5 Å². The fourth-order valence-electron chi connectivity index (χ4n) is 16.5. The third kappa shape index (κ3) is 28.5. The summed E-state index contributed by atoms with van der Waals surface area (Å²) in [5.41, 5.74) is 14.2. The van der Waals surface area contributed by atoms with Gasteiger partial charge in [-0.25, -0.2) is 4.79 Å².